The molecule has 2 aromatic rings. The van der Waals surface area contributed by atoms with Crippen LogP contribution >= 0.6 is 22.6 Å². The third kappa shape index (κ3) is 2.59. The lowest BCUT2D eigenvalue weighted by Gasteiger charge is -2.03. The number of hydrogen-bond acceptors (Lipinski definition) is 3. The van der Waals surface area contributed by atoms with Crippen molar-refractivity contribution in [1.82, 2.24) is 9.97 Å². The Kier molecular flexibility index (Phi) is 3.78. The molecule has 0 radical (unpaired) electrons. The highest BCUT2D eigenvalue weighted by atomic mass is 127. The zero-order valence-electron chi connectivity index (χ0n) is 11.1. The number of imidazole rings is 1. The maximum Gasteiger partial charge on any atom is 0.309 e. The van der Waals surface area contributed by atoms with Crippen LogP contribution in [0.3, 0.4) is 0 Å². The van der Waals surface area contributed by atoms with Crippen molar-refractivity contribution in [3.05, 3.63) is 39.9 Å². The summed E-state index contributed by atoms with van der Waals surface area (Å²) in [6.07, 6.45) is 2.60. The number of halogens is 1. The number of nitrogens with zero attached hydrogens (tertiary/aromatic N) is 1. The molecule has 1 N–H and O–H groups in total. The predicted octanol–water partition coefficient (Wildman–Crippen LogP) is 3.35. The molecule has 3 rings (SSSR count). The first kappa shape index (κ1) is 13.6. The minimum atomic E-state index is -0.0663. The third-order valence-corrected chi connectivity index (χ3v) is 4.41. The lowest BCUT2D eigenvalue weighted by molar-refractivity contribution is -0.144. The van der Waals surface area contributed by atoms with Crippen molar-refractivity contribution >= 4 is 28.6 Å². The second-order valence-corrected chi connectivity index (χ2v) is 5.97. The molecule has 0 spiro atoms. The molecule has 1 aromatic heterocycles. The Bertz CT molecular complexity index is 621. The van der Waals surface area contributed by atoms with Crippen LogP contribution < -0.4 is 0 Å². The van der Waals surface area contributed by atoms with E-state index in [1.54, 1.807) is 6.33 Å². The van der Waals surface area contributed by atoms with Crippen LogP contribution in [0.25, 0.3) is 11.3 Å². The number of carbonyl (C=O) groups excluding carboxylic acids is 1. The summed E-state index contributed by atoms with van der Waals surface area (Å²) < 4.78 is 6.10. The van der Waals surface area contributed by atoms with Gasteiger partial charge < -0.3 is 9.72 Å². The van der Waals surface area contributed by atoms with Crippen molar-refractivity contribution in [2.75, 3.05) is 6.61 Å². The summed E-state index contributed by atoms with van der Waals surface area (Å²) in [5, 5.41) is 0. The summed E-state index contributed by atoms with van der Waals surface area (Å²) >= 11 is 2.24. The summed E-state index contributed by atoms with van der Waals surface area (Å²) in [6, 6.07) is 8.30. The number of aromatic nitrogens is 2. The van der Waals surface area contributed by atoms with E-state index in [4.69, 9.17) is 4.74 Å². The van der Waals surface area contributed by atoms with Crippen molar-refractivity contribution in [1.29, 1.82) is 0 Å². The van der Waals surface area contributed by atoms with Gasteiger partial charge in [0.25, 0.3) is 0 Å². The molecule has 4 nitrogen and oxygen atoms in total. The van der Waals surface area contributed by atoms with Gasteiger partial charge in [-0.15, -0.1) is 0 Å². The van der Waals surface area contributed by atoms with E-state index < -0.39 is 0 Å². The number of nitrogens with one attached hydrogen (secondary N) is 1. The largest absolute Gasteiger partial charge is 0.466 e. The average molecular weight is 382 g/mol. The van der Waals surface area contributed by atoms with Gasteiger partial charge in [0.1, 0.15) is 9.39 Å². The molecule has 5 heteroatoms. The summed E-state index contributed by atoms with van der Waals surface area (Å²) in [4.78, 5) is 19.0. The summed E-state index contributed by atoms with van der Waals surface area (Å²) in [5.41, 5.74) is 3.26. The SMILES string of the molecule is CCOC(=O)C1CC1c1ccc(-c2nc[nH]c2I)cc1. The molecule has 0 amide bonds. The molecule has 1 fully saturated rings. The van der Waals surface area contributed by atoms with E-state index in [0.717, 1.165) is 21.4 Å². The predicted molar refractivity (Wildman–Crippen MR) is 84.2 cm³/mol. The van der Waals surface area contributed by atoms with Crippen molar-refractivity contribution in [2.45, 2.75) is 19.3 Å². The Morgan fingerprint density at radius 1 is 1.45 bits per heavy atom. The Morgan fingerprint density at radius 2 is 2.20 bits per heavy atom. The van der Waals surface area contributed by atoms with Crippen molar-refractivity contribution in [3.63, 3.8) is 0 Å². The quantitative estimate of drug-likeness (QED) is 0.652. The van der Waals surface area contributed by atoms with Gasteiger partial charge in [0.05, 0.1) is 18.9 Å². The lowest BCUT2D eigenvalue weighted by atomic mass is 10.1. The molecule has 20 heavy (non-hydrogen) atoms. The summed E-state index contributed by atoms with van der Waals surface area (Å²) in [7, 11) is 0. The van der Waals surface area contributed by atoms with E-state index in [-0.39, 0.29) is 11.9 Å². The van der Waals surface area contributed by atoms with Crippen LogP contribution in [-0.4, -0.2) is 22.5 Å². The van der Waals surface area contributed by atoms with Crippen LogP contribution in [0.2, 0.25) is 0 Å². The number of H-pyrrole nitrogens is 1. The van der Waals surface area contributed by atoms with Crippen LogP contribution in [-0.2, 0) is 9.53 Å². The van der Waals surface area contributed by atoms with Crippen LogP contribution in [0, 0.1) is 9.62 Å². The van der Waals surface area contributed by atoms with Gasteiger partial charge in [0.2, 0.25) is 0 Å². The van der Waals surface area contributed by atoms with Gasteiger partial charge in [-0.25, -0.2) is 4.98 Å². The van der Waals surface area contributed by atoms with E-state index in [2.05, 4.69) is 56.8 Å². The van der Waals surface area contributed by atoms with E-state index in [9.17, 15) is 4.79 Å². The summed E-state index contributed by atoms with van der Waals surface area (Å²) in [6.45, 7) is 2.30. The molecule has 1 aliphatic carbocycles. The molecule has 2 atom stereocenters. The van der Waals surface area contributed by atoms with Gasteiger partial charge >= 0.3 is 5.97 Å². The number of aromatic amines is 1. The van der Waals surface area contributed by atoms with Crippen LogP contribution in [0.4, 0.5) is 0 Å². The van der Waals surface area contributed by atoms with E-state index >= 15 is 0 Å². The molecule has 1 heterocycles. The van der Waals surface area contributed by atoms with Crippen molar-refractivity contribution in [2.24, 2.45) is 5.92 Å². The number of rotatable bonds is 4. The van der Waals surface area contributed by atoms with E-state index in [1.165, 1.54) is 5.56 Å². The molecule has 2 unspecified atom stereocenters. The van der Waals surface area contributed by atoms with Gasteiger partial charge in [-0.05, 0) is 47.4 Å². The summed E-state index contributed by atoms with van der Waals surface area (Å²) in [5.74, 6) is 0.302. The number of hydrogen-bond donors (Lipinski definition) is 1. The molecular weight excluding hydrogens is 367 g/mol. The fourth-order valence-electron chi connectivity index (χ4n) is 2.44. The number of benzene rings is 1. The Hall–Kier alpha value is -1.37. The molecule has 0 bridgehead atoms. The standard InChI is InChI=1S/C15H15IN2O2/c1-2-20-15(19)12-7-11(12)9-3-5-10(6-4-9)13-14(16)18-8-17-13/h3-6,8,11-12H,2,7H2,1H3,(H,17,18). The lowest BCUT2D eigenvalue weighted by Crippen LogP contribution is -2.07. The van der Waals surface area contributed by atoms with Gasteiger partial charge in [-0.2, -0.15) is 0 Å². The molecule has 1 aromatic carbocycles. The number of ether oxygens (including phenoxy) is 1. The van der Waals surface area contributed by atoms with Gasteiger partial charge in [-0.1, -0.05) is 24.3 Å². The highest BCUT2D eigenvalue weighted by Gasteiger charge is 2.45. The van der Waals surface area contributed by atoms with Crippen LogP contribution in [0.5, 0.6) is 0 Å². The Morgan fingerprint density at radius 3 is 2.80 bits per heavy atom. The highest BCUT2D eigenvalue weighted by molar-refractivity contribution is 14.1. The molecule has 0 aliphatic heterocycles. The second-order valence-electron chi connectivity index (χ2n) is 4.89. The Labute approximate surface area is 131 Å². The first-order valence-electron chi connectivity index (χ1n) is 6.66. The minimum absolute atomic E-state index is 0.0475. The van der Waals surface area contributed by atoms with Gasteiger partial charge in [-0.3, -0.25) is 4.79 Å². The van der Waals surface area contributed by atoms with Crippen LogP contribution in [0.1, 0.15) is 24.8 Å². The van der Waals surface area contributed by atoms with Gasteiger partial charge in [0, 0.05) is 5.56 Å². The fraction of sp³-hybridized carbons (Fsp3) is 0.333. The topological polar surface area (TPSA) is 55.0 Å². The Balaban J connectivity index is 1.72. The van der Waals surface area contributed by atoms with Crippen LogP contribution in [0.15, 0.2) is 30.6 Å². The first-order valence-corrected chi connectivity index (χ1v) is 7.74. The maximum absolute atomic E-state index is 11.7. The van der Waals surface area contributed by atoms with Crippen molar-refractivity contribution < 1.29 is 9.53 Å². The molecule has 1 aliphatic rings. The average Bonchev–Trinajstić information content (AvgIpc) is 3.15. The smallest absolute Gasteiger partial charge is 0.309 e. The monoisotopic (exact) mass is 382 g/mol. The van der Waals surface area contributed by atoms with Crippen molar-refractivity contribution in [3.8, 4) is 11.3 Å². The second kappa shape index (κ2) is 5.55. The number of carbonyl (C=O) groups is 1. The zero-order valence-corrected chi connectivity index (χ0v) is 13.3. The molecular formula is C15H15IN2O2. The molecule has 104 valence electrons. The minimum Gasteiger partial charge on any atom is -0.466 e. The first-order chi connectivity index (χ1) is 9.70. The van der Waals surface area contributed by atoms with Gasteiger partial charge in [0.15, 0.2) is 0 Å². The maximum atomic E-state index is 11.7. The molecule has 1 saturated carbocycles. The molecule has 0 saturated heterocycles. The van der Waals surface area contributed by atoms with E-state index in [0.29, 0.717) is 12.5 Å². The van der Waals surface area contributed by atoms with E-state index in [1.807, 2.05) is 6.92 Å². The zero-order chi connectivity index (χ0) is 14.1. The number of esters is 1. The third-order valence-electron chi connectivity index (χ3n) is 3.58. The fourth-order valence-corrected chi connectivity index (χ4v) is 3.03. The highest BCUT2D eigenvalue weighted by Crippen LogP contribution is 2.48. The normalized spacial score (nSPS) is 20.7.